The highest BCUT2D eigenvalue weighted by atomic mass is 16.6. The number of hydrogen-bond donors (Lipinski definition) is 0. The molecule has 0 radical (unpaired) electrons. The van der Waals surface area contributed by atoms with Gasteiger partial charge in [-0.2, -0.15) is 0 Å². The third-order valence-corrected chi connectivity index (χ3v) is 4.77. The van der Waals surface area contributed by atoms with Gasteiger partial charge in [0.1, 0.15) is 6.61 Å². The smallest absolute Gasteiger partial charge is 0.330 e. The minimum Gasteiger partial charge on any atom is -0.460 e. The van der Waals surface area contributed by atoms with Crippen molar-refractivity contribution in [1.82, 2.24) is 0 Å². The Hall–Kier alpha value is -1.09. The van der Waals surface area contributed by atoms with E-state index in [1.54, 1.807) is 0 Å². The minimum atomic E-state index is -0.369. The van der Waals surface area contributed by atoms with Crippen LogP contribution in [0.25, 0.3) is 0 Å². The highest BCUT2D eigenvalue weighted by Gasteiger charge is 2.52. The molecule has 2 fully saturated rings. The maximum absolute atomic E-state index is 10.9. The SMILES string of the molecule is C=CC(=O)OCCO[C@@H]1C[C@H]2C[C@@H]1[C@H]1CC=C[C@H]21. The molecule has 98 valence electrons. The Morgan fingerprint density at radius 3 is 3.06 bits per heavy atom. The lowest BCUT2D eigenvalue weighted by atomic mass is 9.80. The first-order valence-corrected chi connectivity index (χ1v) is 6.87. The largest absolute Gasteiger partial charge is 0.460 e. The van der Waals surface area contributed by atoms with Gasteiger partial charge in [0.2, 0.25) is 0 Å². The molecule has 0 aromatic rings. The van der Waals surface area contributed by atoms with Gasteiger partial charge in [0.25, 0.3) is 0 Å². The van der Waals surface area contributed by atoms with E-state index >= 15 is 0 Å². The summed E-state index contributed by atoms with van der Waals surface area (Å²) in [5.74, 6) is 2.84. The summed E-state index contributed by atoms with van der Waals surface area (Å²) < 4.78 is 10.8. The summed E-state index contributed by atoms with van der Waals surface area (Å²) >= 11 is 0. The molecule has 0 unspecified atom stereocenters. The average molecular weight is 248 g/mol. The van der Waals surface area contributed by atoms with E-state index in [9.17, 15) is 4.79 Å². The quantitative estimate of drug-likeness (QED) is 0.324. The lowest BCUT2D eigenvalue weighted by Crippen LogP contribution is -2.31. The average Bonchev–Trinajstić information content (AvgIpc) is 3.05. The molecule has 0 spiro atoms. The first-order valence-electron chi connectivity index (χ1n) is 6.87. The Kier molecular flexibility index (Phi) is 3.25. The van der Waals surface area contributed by atoms with Crippen LogP contribution >= 0.6 is 0 Å². The summed E-state index contributed by atoms with van der Waals surface area (Å²) in [5.41, 5.74) is 0. The van der Waals surface area contributed by atoms with Crippen molar-refractivity contribution in [2.75, 3.05) is 13.2 Å². The highest BCUT2D eigenvalue weighted by molar-refractivity contribution is 5.81. The monoisotopic (exact) mass is 248 g/mol. The summed E-state index contributed by atoms with van der Waals surface area (Å²) in [5, 5.41) is 0. The molecule has 2 saturated carbocycles. The molecule has 0 heterocycles. The molecule has 0 aliphatic heterocycles. The van der Waals surface area contributed by atoms with Gasteiger partial charge in [0.05, 0.1) is 12.7 Å². The molecule has 0 aromatic heterocycles. The Morgan fingerprint density at radius 1 is 1.33 bits per heavy atom. The molecule has 0 saturated heterocycles. The van der Waals surface area contributed by atoms with Crippen LogP contribution in [-0.4, -0.2) is 25.3 Å². The third-order valence-electron chi connectivity index (χ3n) is 4.77. The Bertz CT molecular complexity index is 374. The van der Waals surface area contributed by atoms with Crippen molar-refractivity contribution in [3.63, 3.8) is 0 Å². The van der Waals surface area contributed by atoms with Crippen molar-refractivity contribution in [3.05, 3.63) is 24.8 Å². The lowest BCUT2D eigenvalue weighted by molar-refractivity contribution is -0.140. The maximum atomic E-state index is 10.9. The Morgan fingerprint density at radius 2 is 2.22 bits per heavy atom. The van der Waals surface area contributed by atoms with E-state index in [2.05, 4.69) is 18.7 Å². The molecular formula is C15H20O3. The number of fused-ring (bicyclic) bond motifs is 5. The second kappa shape index (κ2) is 4.88. The van der Waals surface area contributed by atoms with Gasteiger partial charge >= 0.3 is 5.97 Å². The molecule has 3 aliphatic rings. The van der Waals surface area contributed by atoms with Gasteiger partial charge < -0.3 is 9.47 Å². The summed E-state index contributed by atoms with van der Waals surface area (Å²) in [6.07, 6.45) is 10.1. The molecular weight excluding hydrogens is 228 g/mol. The summed E-state index contributed by atoms with van der Waals surface area (Å²) in [4.78, 5) is 10.9. The summed E-state index contributed by atoms with van der Waals surface area (Å²) in [6, 6.07) is 0. The molecule has 0 amide bonds. The second-order valence-electron chi connectivity index (χ2n) is 5.58. The second-order valence-corrected chi connectivity index (χ2v) is 5.58. The van der Waals surface area contributed by atoms with Gasteiger partial charge in [-0.05, 0) is 42.9 Å². The summed E-state index contributed by atoms with van der Waals surface area (Å²) in [7, 11) is 0. The fraction of sp³-hybridized carbons (Fsp3) is 0.667. The van der Waals surface area contributed by atoms with Crippen molar-refractivity contribution in [1.29, 1.82) is 0 Å². The predicted molar refractivity (Wildman–Crippen MR) is 67.8 cm³/mol. The molecule has 5 atom stereocenters. The van der Waals surface area contributed by atoms with Gasteiger partial charge in [-0.25, -0.2) is 4.79 Å². The number of ether oxygens (including phenoxy) is 2. The number of allylic oxidation sites excluding steroid dienone is 2. The number of carbonyl (C=O) groups is 1. The van der Waals surface area contributed by atoms with Crippen LogP contribution in [0.15, 0.2) is 24.8 Å². The van der Waals surface area contributed by atoms with Crippen LogP contribution in [0.4, 0.5) is 0 Å². The van der Waals surface area contributed by atoms with Crippen LogP contribution in [0.2, 0.25) is 0 Å². The Labute approximate surface area is 108 Å². The number of esters is 1. The van der Waals surface area contributed by atoms with E-state index < -0.39 is 0 Å². The predicted octanol–water partition coefficient (Wildman–Crippen LogP) is 2.33. The minimum absolute atomic E-state index is 0.338. The molecule has 2 bridgehead atoms. The van der Waals surface area contributed by atoms with Crippen molar-refractivity contribution in [2.24, 2.45) is 23.7 Å². The normalized spacial score (nSPS) is 39.9. The van der Waals surface area contributed by atoms with Crippen LogP contribution in [0.1, 0.15) is 19.3 Å². The Balaban J connectivity index is 1.43. The van der Waals surface area contributed by atoms with Gasteiger partial charge in [0, 0.05) is 6.08 Å². The van der Waals surface area contributed by atoms with Crippen LogP contribution in [0.5, 0.6) is 0 Å². The fourth-order valence-electron chi connectivity index (χ4n) is 4.09. The zero-order valence-corrected chi connectivity index (χ0v) is 10.6. The van der Waals surface area contributed by atoms with E-state index in [4.69, 9.17) is 9.47 Å². The van der Waals surface area contributed by atoms with E-state index in [1.807, 2.05) is 0 Å². The zero-order valence-electron chi connectivity index (χ0n) is 10.6. The van der Waals surface area contributed by atoms with E-state index in [0.29, 0.717) is 19.3 Å². The van der Waals surface area contributed by atoms with Gasteiger partial charge in [-0.3, -0.25) is 0 Å². The van der Waals surface area contributed by atoms with E-state index in [0.717, 1.165) is 23.7 Å². The molecule has 3 rings (SSSR count). The fourth-order valence-corrected chi connectivity index (χ4v) is 4.09. The number of carbonyl (C=O) groups excluding carboxylic acids is 1. The standard InChI is InChI=1S/C15H20O3/c1-2-15(16)18-7-6-17-14-9-10-8-13(14)12-5-3-4-11(10)12/h2-4,10-14H,1,5-9H2/t10-,11-,12+,13-,14-/m1/s1. The maximum Gasteiger partial charge on any atom is 0.330 e. The lowest BCUT2D eigenvalue weighted by Gasteiger charge is -2.31. The molecule has 0 aromatic carbocycles. The van der Waals surface area contributed by atoms with Crippen molar-refractivity contribution >= 4 is 5.97 Å². The molecule has 3 nitrogen and oxygen atoms in total. The topological polar surface area (TPSA) is 35.5 Å². The third kappa shape index (κ3) is 2.01. The van der Waals surface area contributed by atoms with Crippen molar-refractivity contribution in [3.8, 4) is 0 Å². The van der Waals surface area contributed by atoms with E-state index in [-0.39, 0.29) is 5.97 Å². The van der Waals surface area contributed by atoms with Gasteiger partial charge in [-0.1, -0.05) is 18.7 Å². The van der Waals surface area contributed by atoms with Crippen LogP contribution in [0, 0.1) is 23.7 Å². The van der Waals surface area contributed by atoms with Crippen molar-refractivity contribution in [2.45, 2.75) is 25.4 Å². The van der Waals surface area contributed by atoms with Gasteiger partial charge in [-0.15, -0.1) is 0 Å². The molecule has 3 heteroatoms. The van der Waals surface area contributed by atoms with Crippen molar-refractivity contribution < 1.29 is 14.3 Å². The molecule has 0 N–H and O–H groups in total. The zero-order chi connectivity index (χ0) is 12.5. The van der Waals surface area contributed by atoms with E-state index in [1.165, 1.54) is 25.3 Å². The number of rotatable bonds is 5. The van der Waals surface area contributed by atoms with Crippen LogP contribution < -0.4 is 0 Å². The first kappa shape index (κ1) is 12.0. The summed E-state index contributed by atoms with van der Waals surface area (Å²) in [6.45, 7) is 4.21. The number of hydrogen-bond acceptors (Lipinski definition) is 3. The first-order chi connectivity index (χ1) is 8.79. The molecule has 18 heavy (non-hydrogen) atoms. The van der Waals surface area contributed by atoms with Crippen LogP contribution in [0.3, 0.4) is 0 Å². The molecule has 3 aliphatic carbocycles. The van der Waals surface area contributed by atoms with Gasteiger partial charge in [0.15, 0.2) is 0 Å². The highest BCUT2D eigenvalue weighted by Crippen LogP contribution is 2.57. The van der Waals surface area contributed by atoms with Crippen LogP contribution in [-0.2, 0) is 14.3 Å².